The summed E-state index contributed by atoms with van der Waals surface area (Å²) < 4.78 is 29.6. The van der Waals surface area contributed by atoms with Crippen LogP contribution in [0.25, 0.3) is 0 Å². The van der Waals surface area contributed by atoms with Gasteiger partial charge in [0.1, 0.15) is 11.9 Å². The van der Waals surface area contributed by atoms with Crippen molar-refractivity contribution in [3.05, 3.63) is 24.0 Å². The molecule has 0 amide bonds. The molecule has 0 spiro atoms. The van der Waals surface area contributed by atoms with Gasteiger partial charge in [0.25, 0.3) is 6.43 Å². The average molecular weight is 217 g/mol. The van der Waals surface area contributed by atoms with Crippen LogP contribution in [0.3, 0.4) is 0 Å². The molecule has 0 fully saturated rings. The molecular weight excluding hydrogens is 204 g/mol. The van der Waals surface area contributed by atoms with Crippen LogP contribution in [0.5, 0.6) is 5.75 Å². The van der Waals surface area contributed by atoms with Crippen LogP contribution < -0.4 is 4.74 Å². The number of aliphatic hydroxyl groups is 1. The zero-order valence-corrected chi connectivity index (χ0v) is 8.36. The van der Waals surface area contributed by atoms with E-state index in [-0.39, 0.29) is 5.56 Å². The molecule has 1 heterocycles. The lowest BCUT2D eigenvalue weighted by Crippen LogP contribution is -2.08. The zero-order chi connectivity index (χ0) is 11.3. The third kappa shape index (κ3) is 3.43. The van der Waals surface area contributed by atoms with Crippen molar-refractivity contribution < 1.29 is 18.6 Å². The summed E-state index contributed by atoms with van der Waals surface area (Å²) in [5.74, 6) is 0.397. The molecule has 15 heavy (non-hydrogen) atoms. The second-order valence-corrected chi connectivity index (χ2v) is 3.08. The number of ether oxygens (including phenoxy) is 1. The molecule has 0 aliphatic carbocycles. The molecule has 1 N–H and O–H groups in total. The maximum absolute atomic E-state index is 12.2. The van der Waals surface area contributed by atoms with Crippen molar-refractivity contribution in [1.29, 1.82) is 0 Å². The molecule has 0 radical (unpaired) electrons. The summed E-state index contributed by atoms with van der Waals surface area (Å²) in [7, 11) is 0. The van der Waals surface area contributed by atoms with Gasteiger partial charge in [0.15, 0.2) is 0 Å². The van der Waals surface area contributed by atoms with Gasteiger partial charge in [0.05, 0.1) is 12.8 Å². The number of aromatic nitrogens is 1. The first-order valence-electron chi connectivity index (χ1n) is 4.69. The summed E-state index contributed by atoms with van der Waals surface area (Å²) >= 11 is 0. The van der Waals surface area contributed by atoms with E-state index < -0.39 is 12.5 Å². The molecule has 0 saturated carbocycles. The van der Waals surface area contributed by atoms with E-state index in [1.807, 2.05) is 6.92 Å². The molecule has 1 aromatic rings. The Kier molecular flexibility index (Phi) is 4.42. The highest BCUT2D eigenvalue weighted by Gasteiger charge is 2.19. The summed E-state index contributed by atoms with van der Waals surface area (Å²) in [6, 6.07) is 1.37. The molecule has 0 bridgehead atoms. The summed E-state index contributed by atoms with van der Waals surface area (Å²) in [6.45, 7) is 2.43. The van der Waals surface area contributed by atoms with E-state index in [2.05, 4.69) is 4.98 Å². The largest absolute Gasteiger partial charge is 0.492 e. The highest BCUT2D eigenvalue weighted by molar-refractivity contribution is 5.25. The summed E-state index contributed by atoms with van der Waals surface area (Å²) in [5, 5.41) is 9.10. The van der Waals surface area contributed by atoms with E-state index in [0.717, 1.165) is 6.42 Å². The Morgan fingerprint density at radius 2 is 2.20 bits per heavy atom. The second kappa shape index (κ2) is 5.60. The maximum atomic E-state index is 12.2. The fourth-order valence-electron chi connectivity index (χ4n) is 1.04. The molecule has 84 valence electrons. The average Bonchev–Trinajstić information content (AvgIpc) is 2.25. The van der Waals surface area contributed by atoms with Crippen LogP contribution in [0, 0.1) is 0 Å². The van der Waals surface area contributed by atoms with Crippen LogP contribution in [0.4, 0.5) is 8.78 Å². The molecule has 1 unspecified atom stereocenters. The van der Waals surface area contributed by atoms with Crippen molar-refractivity contribution in [2.45, 2.75) is 25.9 Å². The highest BCUT2D eigenvalue weighted by Crippen LogP contribution is 2.22. The minimum atomic E-state index is -2.81. The molecule has 1 aromatic heterocycles. The van der Waals surface area contributed by atoms with Crippen molar-refractivity contribution in [2.24, 2.45) is 0 Å². The molecular formula is C10H13F2NO2. The Balaban J connectivity index is 2.73. The van der Waals surface area contributed by atoms with Crippen LogP contribution in [0.1, 0.15) is 25.0 Å². The Labute approximate surface area is 86.7 Å². The quantitative estimate of drug-likeness (QED) is 0.821. The maximum Gasteiger partial charge on any atom is 0.268 e. The summed E-state index contributed by atoms with van der Waals surface area (Å²) in [5.41, 5.74) is 0.0682. The normalized spacial score (nSPS) is 12.9. The monoisotopic (exact) mass is 217 g/mol. The summed E-state index contributed by atoms with van der Waals surface area (Å²) in [6.07, 6.45) is -1.16. The number of pyridine rings is 1. The van der Waals surface area contributed by atoms with Crippen molar-refractivity contribution in [3.63, 3.8) is 0 Å². The number of alkyl halides is 2. The van der Waals surface area contributed by atoms with Crippen LogP contribution in [-0.2, 0) is 0 Å². The SMILES string of the molecule is CCCOc1cncc(C(O)C(F)F)c1. The fraction of sp³-hybridized carbons (Fsp3) is 0.500. The first-order valence-corrected chi connectivity index (χ1v) is 4.69. The van der Waals surface area contributed by atoms with Gasteiger partial charge >= 0.3 is 0 Å². The molecule has 1 rings (SSSR count). The molecule has 5 heteroatoms. The smallest absolute Gasteiger partial charge is 0.268 e. The van der Waals surface area contributed by atoms with Crippen LogP contribution in [0.2, 0.25) is 0 Å². The van der Waals surface area contributed by atoms with Gasteiger partial charge in [0.2, 0.25) is 0 Å². The summed E-state index contributed by atoms with van der Waals surface area (Å²) in [4.78, 5) is 3.72. The Morgan fingerprint density at radius 3 is 2.80 bits per heavy atom. The molecule has 0 aliphatic rings. The van der Waals surface area contributed by atoms with Crippen LogP contribution in [0.15, 0.2) is 18.5 Å². The van der Waals surface area contributed by atoms with Gasteiger partial charge in [0, 0.05) is 11.8 Å². The predicted octanol–water partition coefficient (Wildman–Crippen LogP) is 2.17. The number of halogens is 2. The van der Waals surface area contributed by atoms with E-state index in [1.54, 1.807) is 0 Å². The first kappa shape index (κ1) is 11.8. The second-order valence-electron chi connectivity index (χ2n) is 3.08. The van der Waals surface area contributed by atoms with E-state index in [4.69, 9.17) is 9.84 Å². The van der Waals surface area contributed by atoms with Gasteiger partial charge in [-0.05, 0) is 12.5 Å². The predicted molar refractivity (Wildman–Crippen MR) is 51.0 cm³/mol. The third-order valence-corrected chi connectivity index (χ3v) is 1.79. The van der Waals surface area contributed by atoms with Gasteiger partial charge in [-0.15, -0.1) is 0 Å². The van der Waals surface area contributed by atoms with Crippen molar-refractivity contribution >= 4 is 0 Å². The molecule has 3 nitrogen and oxygen atoms in total. The van der Waals surface area contributed by atoms with E-state index in [0.29, 0.717) is 12.4 Å². The van der Waals surface area contributed by atoms with Crippen LogP contribution >= 0.6 is 0 Å². The molecule has 1 atom stereocenters. The molecule has 0 aromatic carbocycles. The van der Waals surface area contributed by atoms with E-state index >= 15 is 0 Å². The fourth-order valence-corrected chi connectivity index (χ4v) is 1.04. The number of rotatable bonds is 5. The minimum Gasteiger partial charge on any atom is -0.492 e. The Bertz CT molecular complexity index is 307. The highest BCUT2D eigenvalue weighted by atomic mass is 19.3. The van der Waals surface area contributed by atoms with Gasteiger partial charge in [-0.1, -0.05) is 6.92 Å². The Hall–Kier alpha value is -1.23. The first-order chi connectivity index (χ1) is 7.15. The van der Waals surface area contributed by atoms with Gasteiger partial charge in [-0.3, -0.25) is 4.98 Å². The number of hydrogen-bond acceptors (Lipinski definition) is 3. The lowest BCUT2D eigenvalue weighted by atomic mass is 10.2. The van der Waals surface area contributed by atoms with Gasteiger partial charge in [-0.2, -0.15) is 0 Å². The standard InChI is InChI=1S/C10H13F2NO2/c1-2-3-15-8-4-7(5-13-6-8)9(14)10(11)12/h4-6,9-10,14H,2-3H2,1H3. The minimum absolute atomic E-state index is 0.0682. The molecule has 0 aliphatic heterocycles. The number of aliphatic hydroxyl groups excluding tert-OH is 1. The van der Waals surface area contributed by atoms with Crippen molar-refractivity contribution in [2.75, 3.05) is 6.61 Å². The third-order valence-electron chi connectivity index (χ3n) is 1.79. The van der Waals surface area contributed by atoms with Gasteiger partial charge < -0.3 is 9.84 Å². The Morgan fingerprint density at radius 1 is 1.47 bits per heavy atom. The lowest BCUT2D eigenvalue weighted by molar-refractivity contribution is -0.00608. The molecule has 0 saturated heterocycles. The van der Waals surface area contributed by atoms with E-state index in [9.17, 15) is 8.78 Å². The van der Waals surface area contributed by atoms with Crippen LogP contribution in [-0.4, -0.2) is 23.1 Å². The van der Waals surface area contributed by atoms with Crippen molar-refractivity contribution in [3.8, 4) is 5.75 Å². The number of hydrogen-bond donors (Lipinski definition) is 1. The van der Waals surface area contributed by atoms with Gasteiger partial charge in [-0.25, -0.2) is 8.78 Å². The lowest BCUT2D eigenvalue weighted by Gasteiger charge is -2.10. The van der Waals surface area contributed by atoms with E-state index in [1.165, 1.54) is 18.5 Å². The zero-order valence-electron chi connectivity index (χ0n) is 8.36. The topological polar surface area (TPSA) is 42.4 Å². The number of nitrogens with zero attached hydrogens (tertiary/aromatic N) is 1. The van der Waals surface area contributed by atoms with Crippen molar-refractivity contribution in [1.82, 2.24) is 4.98 Å².